The highest BCUT2D eigenvalue weighted by atomic mass is 32.2. The molecule has 0 amide bonds. The number of hydrogen-bond donors (Lipinski definition) is 1. The normalized spacial score (nSPS) is 18.8. The van der Waals surface area contributed by atoms with Crippen molar-refractivity contribution in [3.8, 4) is 0 Å². The number of nitro groups is 1. The molecule has 0 spiro atoms. The Morgan fingerprint density at radius 2 is 1.68 bits per heavy atom. The van der Waals surface area contributed by atoms with E-state index in [1.165, 1.54) is 28.1 Å². The molecule has 8 nitrogen and oxygen atoms in total. The molecular formula is C22H28N4O4S. The van der Waals surface area contributed by atoms with E-state index in [0.717, 1.165) is 45.3 Å². The number of nitrogens with one attached hydrogen (secondary N) is 1. The Kier molecular flexibility index (Phi) is 6.54. The van der Waals surface area contributed by atoms with Crippen molar-refractivity contribution in [3.05, 3.63) is 64.2 Å². The number of nitro benzene ring substituents is 1. The van der Waals surface area contributed by atoms with Crippen molar-refractivity contribution in [1.29, 1.82) is 0 Å². The maximum absolute atomic E-state index is 12.8. The summed E-state index contributed by atoms with van der Waals surface area (Å²) in [5.74, 6) is 0. The summed E-state index contributed by atoms with van der Waals surface area (Å²) in [4.78, 5) is 13.5. The monoisotopic (exact) mass is 444 g/mol. The quantitative estimate of drug-likeness (QED) is 0.519. The number of benzene rings is 2. The molecule has 2 aliphatic rings. The van der Waals surface area contributed by atoms with Crippen molar-refractivity contribution >= 4 is 21.4 Å². The van der Waals surface area contributed by atoms with E-state index in [1.807, 2.05) is 18.2 Å². The largest absolute Gasteiger partial charge is 0.377 e. The van der Waals surface area contributed by atoms with Gasteiger partial charge >= 0.3 is 0 Å². The van der Waals surface area contributed by atoms with Gasteiger partial charge in [0.1, 0.15) is 5.69 Å². The standard InChI is InChI=1S/C22H28N4O4S/c27-26(28)22-16-20(31(29,30)25-12-4-5-13-25)8-9-21(22)23-19-10-14-24(15-11-19)17-18-6-2-1-3-7-18/h1-3,6-9,16,19,23H,4-5,10-15,17H2. The van der Waals surface area contributed by atoms with Crippen molar-refractivity contribution in [1.82, 2.24) is 9.21 Å². The van der Waals surface area contributed by atoms with Crippen molar-refractivity contribution in [2.45, 2.75) is 43.2 Å². The Bertz CT molecular complexity index is 1020. The average molecular weight is 445 g/mol. The summed E-state index contributed by atoms with van der Waals surface area (Å²) in [6.45, 7) is 3.65. The van der Waals surface area contributed by atoms with E-state index in [9.17, 15) is 18.5 Å². The Hall–Kier alpha value is -2.49. The summed E-state index contributed by atoms with van der Waals surface area (Å²) >= 11 is 0. The van der Waals surface area contributed by atoms with Crippen molar-refractivity contribution in [2.24, 2.45) is 0 Å². The first-order chi connectivity index (χ1) is 14.9. The van der Waals surface area contributed by atoms with Crippen LogP contribution in [0.5, 0.6) is 0 Å². The zero-order valence-corrected chi connectivity index (χ0v) is 18.3. The van der Waals surface area contributed by atoms with Crippen molar-refractivity contribution < 1.29 is 13.3 Å². The molecule has 2 heterocycles. The topological polar surface area (TPSA) is 95.8 Å². The minimum atomic E-state index is -3.69. The van der Waals surface area contributed by atoms with Gasteiger partial charge in [0.25, 0.3) is 5.69 Å². The van der Waals surface area contributed by atoms with Gasteiger partial charge in [-0.1, -0.05) is 30.3 Å². The second-order valence-corrected chi connectivity index (χ2v) is 10.2. The highest BCUT2D eigenvalue weighted by Crippen LogP contribution is 2.31. The number of sulfonamides is 1. The van der Waals surface area contributed by atoms with Gasteiger partial charge in [-0.25, -0.2) is 8.42 Å². The molecule has 1 N–H and O–H groups in total. The van der Waals surface area contributed by atoms with Crippen LogP contribution in [0.3, 0.4) is 0 Å². The lowest BCUT2D eigenvalue weighted by Crippen LogP contribution is -2.38. The highest BCUT2D eigenvalue weighted by molar-refractivity contribution is 7.89. The lowest BCUT2D eigenvalue weighted by molar-refractivity contribution is -0.384. The smallest absolute Gasteiger partial charge is 0.293 e. The molecule has 2 aliphatic heterocycles. The zero-order valence-electron chi connectivity index (χ0n) is 17.4. The summed E-state index contributed by atoms with van der Waals surface area (Å²) in [5.41, 5.74) is 1.47. The van der Waals surface area contributed by atoms with Gasteiger partial charge < -0.3 is 5.32 Å². The molecule has 0 saturated carbocycles. The molecule has 0 bridgehead atoms. The van der Waals surface area contributed by atoms with Crippen LogP contribution >= 0.6 is 0 Å². The molecule has 0 unspecified atom stereocenters. The summed E-state index contributed by atoms with van der Waals surface area (Å²) < 4.78 is 27.0. The molecular weight excluding hydrogens is 416 g/mol. The van der Waals surface area contributed by atoms with E-state index in [-0.39, 0.29) is 16.6 Å². The number of anilines is 1. The van der Waals surface area contributed by atoms with E-state index in [2.05, 4.69) is 22.3 Å². The van der Waals surface area contributed by atoms with Gasteiger partial charge in [0.2, 0.25) is 10.0 Å². The minimum Gasteiger partial charge on any atom is -0.377 e. The third-order valence-corrected chi connectivity index (χ3v) is 7.96. The van der Waals surface area contributed by atoms with Crippen LogP contribution in [0.2, 0.25) is 0 Å². The van der Waals surface area contributed by atoms with Crippen LogP contribution in [0, 0.1) is 10.1 Å². The molecule has 2 aromatic carbocycles. The van der Waals surface area contributed by atoms with Crippen LogP contribution in [0.1, 0.15) is 31.2 Å². The second kappa shape index (κ2) is 9.33. The molecule has 2 saturated heterocycles. The molecule has 0 aliphatic carbocycles. The van der Waals surface area contributed by atoms with E-state index >= 15 is 0 Å². The number of piperidine rings is 1. The van der Waals surface area contributed by atoms with Crippen LogP contribution < -0.4 is 5.32 Å². The van der Waals surface area contributed by atoms with Gasteiger partial charge in [0.15, 0.2) is 0 Å². The highest BCUT2D eigenvalue weighted by Gasteiger charge is 2.30. The maximum Gasteiger partial charge on any atom is 0.293 e. The summed E-state index contributed by atoms with van der Waals surface area (Å²) in [6, 6.07) is 14.6. The number of rotatable bonds is 7. The molecule has 9 heteroatoms. The third kappa shape index (κ3) is 5.06. The lowest BCUT2D eigenvalue weighted by Gasteiger charge is -2.32. The van der Waals surface area contributed by atoms with E-state index in [1.54, 1.807) is 0 Å². The zero-order chi connectivity index (χ0) is 21.8. The van der Waals surface area contributed by atoms with Crippen molar-refractivity contribution in [3.63, 3.8) is 0 Å². The fourth-order valence-corrected chi connectivity index (χ4v) is 5.86. The molecule has 31 heavy (non-hydrogen) atoms. The Balaban J connectivity index is 1.42. The molecule has 2 fully saturated rings. The summed E-state index contributed by atoms with van der Waals surface area (Å²) in [5, 5.41) is 15.0. The summed E-state index contributed by atoms with van der Waals surface area (Å²) in [7, 11) is -3.69. The SMILES string of the molecule is O=[N+]([O-])c1cc(S(=O)(=O)N2CCCC2)ccc1NC1CCN(Cc2ccccc2)CC1. The minimum absolute atomic E-state index is 0.00988. The van der Waals surface area contributed by atoms with Crippen LogP contribution in [-0.2, 0) is 16.6 Å². The van der Waals surface area contributed by atoms with Gasteiger partial charge in [-0.15, -0.1) is 0 Å². The Morgan fingerprint density at radius 3 is 2.32 bits per heavy atom. The fourth-order valence-electron chi connectivity index (χ4n) is 4.32. The number of nitrogens with zero attached hydrogens (tertiary/aromatic N) is 3. The Labute approximate surface area is 183 Å². The lowest BCUT2D eigenvalue weighted by atomic mass is 10.0. The molecule has 4 rings (SSSR count). The van der Waals surface area contributed by atoms with Gasteiger partial charge in [-0.2, -0.15) is 4.31 Å². The van der Waals surface area contributed by atoms with E-state index in [0.29, 0.717) is 18.8 Å². The predicted molar refractivity (Wildman–Crippen MR) is 119 cm³/mol. The first kappa shape index (κ1) is 21.7. The third-order valence-electron chi connectivity index (χ3n) is 6.06. The predicted octanol–water partition coefficient (Wildman–Crippen LogP) is 3.46. The van der Waals surface area contributed by atoms with Crippen molar-refractivity contribution in [2.75, 3.05) is 31.5 Å². The fraction of sp³-hybridized carbons (Fsp3) is 0.455. The van der Waals surface area contributed by atoms with Gasteiger partial charge in [0.05, 0.1) is 9.82 Å². The molecule has 0 atom stereocenters. The number of likely N-dealkylation sites (tertiary alicyclic amines) is 1. The van der Waals surface area contributed by atoms with Crippen LogP contribution in [0.15, 0.2) is 53.4 Å². The van der Waals surface area contributed by atoms with Crippen LogP contribution in [0.25, 0.3) is 0 Å². The van der Waals surface area contributed by atoms with E-state index < -0.39 is 14.9 Å². The number of hydrogen-bond acceptors (Lipinski definition) is 6. The van der Waals surface area contributed by atoms with E-state index in [4.69, 9.17) is 0 Å². The van der Waals surface area contributed by atoms with Gasteiger partial charge in [-0.05, 0) is 43.4 Å². The average Bonchev–Trinajstić information content (AvgIpc) is 3.32. The first-order valence-corrected chi connectivity index (χ1v) is 12.2. The molecule has 0 radical (unpaired) electrons. The molecule has 166 valence electrons. The van der Waals surface area contributed by atoms with Crippen LogP contribution in [0.4, 0.5) is 11.4 Å². The molecule has 0 aromatic heterocycles. The second-order valence-electron chi connectivity index (χ2n) is 8.23. The van der Waals surface area contributed by atoms with Crippen LogP contribution in [-0.4, -0.2) is 54.8 Å². The maximum atomic E-state index is 12.8. The summed E-state index contributed by atoms with van der Waals surface area (Å²) in [6.07, 6.45) is 3.39. The first-order valence-electron chi connectivity index (χ1n) is 10.7. The molecule has 2 aromatic rings. The van der Waals surface area contributed by atoms with Gasteiger partial charge in [0, 0.05) is 44.8 Å². The van der Waals surface area contributed by atoms with Gasteiger partial charge in [-0.3, -0.25) is 15.0 Å². The Morgan fingerprint density at radius 1 is 1.00 bits per heavy atom.